The van der Waals surface area contributed by atoms with Gasteiger partial charge >= 0.3 is 0 Å². The van der Waals surface area contributed by atoms with Gasteiger partial charge in [0.25, 0.3) is 0 Å². The van der Waals surface area contributed by atoms with Gasteiger partial charge in [-0.3, -0.25) is 0 Å². The van der Waals surface area contributed by atoms with E-state index >= 15 is 0 Å². The highest BCUT2D eigenvalue weighted by Gasteiger charge is 2.25. The van der Waals surface area contributed by atoms with Crippen molar-refractivity contribution < 1.29 is 8.78 Å². The summed E-state index contributed by atoms with van der Waals surface area (Å²) in [7, 11) is 0. The number of benzene rings is 1. The van der Waals surface area contributed by atoms with Crippen LogP contribution in [0.4, 0.5) is 8.78 Å². The summed E-state index contributed by atoms with van der Waals surface area (Å²) >= 11 is 0. The van der Waals surface area contributed by atoms with E-state index in [1.54, 1.807) is 0 Å². The molecule has 1 aliphatic rings. The summed E-state index contributed by atoms with van der Waals surface area (Å²) in [5, 5.41) is 0. The van der Waals surface area contributed by atoms with E-state index in [9.17, 15) is 8.78 Å². The molecule has 0 fully saturated rings. The number of halogens is 2. The Balaban J connectivity index is 2.09. The maximum absolute atomic E-state index is 14.3. The van der Waals surface area contributed by atoms with Crippen molar-refractivity contribution in [3.8, 4) is 0 Å². The number of hydrogen-bond donors (Lipinski definition) is 0. The van der Waals surface area contributed by atoms with Crippen LogP contribution in [0.1, 0.15) is 63.5 Å². The molecule has 0 aromatic heterocycles. The van der Waals surface area contributed by atoms with Gasteiger partial charge in [0.1, 0.15) is 5.83 Å². The lowest BCUT2D eigenvalue weighted by atomic mass is 9.88. The highest BCUT2D eigenvalue weighted by molar-refractivity contribution is 5.78. The molecular formula is C20H26F2. The first-order valence-electron chi connectivity index (χ1n) is 8.52. The van der Waals surface area contributed by atoms with Crippen LogP contribution in [-0.2, 0) is 6.42 Å². The van der Waals surface area contributed by atoms with Crippen LogP contribution in [0.5, 0.6) is 0 Å². The van der Waals surface area contributed by atoms with E-state index in [0.717, 1.165) is 18.4 Å². The smallest absolute Gasteiger partial charge is 0.162 e. The van der Waals surface area contributed by atoms with Gasteiger partial charge in [-0.15, -0.1) is 0 Å². The first kappa shape index (κ1) is 16.9. The SMILES string of the molecule is CCCCCc1ccc(C2=CCC(CCC)C(F)=C2F)cc1. The second kappa shape index (κ2) is 8.26. The van der Waals surface area contributed by atoms with Crippen molar-refractivity contribution in [3.63, 3.8) is 0 Å². The Morgan fingerprint density at radius 1 is 1.00 bits per heavy atom. The first-order chi connectivity index (χ1) is 10.7. The van der Waals surface area contributed by atoms with Gasteiger partial charge in [-0.25, -0.2) is 8.78 Å². The van der Waals surface area contributed by atoms with Gasteiger partial charge < -0.3 is 0 Å². The Morgan fingerprint density at radius 3 is 2.36 bits per heavy atom. The monoisotopic (exact) mass is 304 g/mol. The third-order valence-electron chi connectivity index (χ3n) is 4.38. The highest BCUT2D eigenvalue weighted by Crippen LogP contribution is 2.38. The van der Waals surface area contributed by atoms with Crippen LogP contribution < -0.4 is 0 Å². The van der Waals surface area contributed by atoms with Crippen LogP contribution in [0, 0.1) is 5.92 Å². The average Bonchev–Trinajstić information content (AvgIpc) is 2.53. The van der Waals surface area contributed by atoms with Crippen LogP contribution in [0.25, 0.3) is 5.57 Å². The summed E-state index contributed by atoms with van der Waals surface area (Å²) in [5.74, 6) is -1.50. The highest BCUT2D eigenvalue weighted by atomic mass is 19.2. The summed E-state index contributed by atoms with van der Waals surface area (Å²) in [6.45, 7) is 4.19. The van der Waals surface area contributed by atoms with E-state index in [0.29, 0.717) is 18.4 Å². The molecule has 1 atom stereocenters. The van der Waals surface area contributed by atoms with E-state index in [4.69, 9.17) is 0 Å². The number of allylic oxidation sites excluding steroid dienone is 4. The molecule has 0 spiro atoms. The molecule has 1 aromatic carbocycles. The Hall–Kier alpha value is -1.44. The van der Waals surface area contributed by atoms with Crippen LogP contribution in [0.15, 0.2) is 42.0 Å². The minimum atomic E-state index is -0.663. The zero-order chi connectivity index (χ0) is 15.9. The number of hydrogen-bond acceptors (Lipinski definition) is 0. The van der Waals surface area contributed by atoms with Crippen molar-refractivity contribution in [2.75, 3.05) is 0 Å². The minimum Gasteiger partial charge on any atom is -0.208 e. The summed E-state index contributed by atoms with van der Waals surface area (Å²) in [4.78, 5) is 0. The van der Waals surface area contributed by atoms with Gasteiger partial charge in [0.2, 0.25) is 0 Å². The predicted molar refractivity (Wildman–Crippen MR) is 89.9 cm³/mol. The second-order valence-corrected chi connectivity index (χ2v) is 6.16. The fourth-order valence-corrected chi connectivity index (χ4v) is 3.03. The van der Waals surface area contributed by atoms with Crippen molar-refractivity contribution in [3.05, 3.63) is 53.1 Å². The molecule has 22 heavy (non-hydrogen) atoms. The van der Waals surface area contributed by atoms with Crippen molar-refractivity contribution in [1.82, 2.24) is 0 Å². The summed E-state index contributed by atoms with van der Waals surface area (Å²) in [5.41, 5.74) is 2.47. The molecule has 0 heterocycles. The summed E-state index contributed by atoms with van der Waals surface area (Å²) < 4.78 is 28.4. The van der Waals surface area contributed by atoms with Gasteiger partial charge in [-0.05, 0) is 36.8 Å². The number of rotatable bonds is 7. The minimum absolute atomic E-state index is 0.276. The molecule has 0 saturated heterocycles. The standard InChI is InChI=1S/C20H26F2/c1-3-5-6-8-15-9-11-16(12-10-15)18-14-13-17(7-4-2)19(21)20(18)22/h9-12,14,17H,3-8,13H2,1-2H3. The molecule has 2 heteroatoms. The van der Waals surface area contributed by atoms with Crippen molar-refractivity contribution >= 4 is 5.57 Å². The molecule has 1 aliphatic carbocycles. The molecule has 0 amide bonds. The molecule has 0 aliphatic heterocycles. The van der Waals surface area contributed by atoms with Crippen LogP contribution in [0.3, 0.4) is 0 Å². The molecule has 1 aromatic rings. The van der Waals surface area contributed by atoms with Crippen LogP contribution in [-0.4, -0.2) is 0 Å². The van der Waals surface area contributed by atoms with Crippen LogP contribution >= 0.6 is 0 Å². The second-order valence-electron chi connectivity index (χ2n) is 6.16. The largest absolute Gasteiger partial charge is 0.208 e. The van der Waals surface area contributed by atoms with Crippen molar-refractivity contribution in [2.45, 2.75) is 58.8 Å². The molecule has 0 N–H and O–H groups in total. The summed E-state index contributed by atoms with van der Waals surface area (Å²) in [6, 6.07) is 7.91. The van der Waals surface area contributed by atoms with Crippen molar-refractivity contribution in [1.29, 1.82) is 0 Å². The van der Waals surface area contributed by atoms with E-state index in [-0.39, 0.29) is 5.92 Å². The zero-order valence-corrected chi connectivity index (χ0v) is 13.7. The van der Waals surface area contributed by atoms with E-state index in [1.165, 1.54) is 24.8 Å². The maximum Gasteiger partial charge on any atom is 0.162 e. The normalized spacial score (nSPS) is 18.5. The zero-order valence-electron chi connectivity index (χ0n) is 13.7. The van der Waals surface area contributed by atoms with Gasteiger partial charge in [0.05, 0.1) is 0 Å². The molecule has 120 valence electrons. The molecule has 1 unspecified atom stereocenters. The Labute approximate surface area is 132 Å². The third-order valence-corrected chi connectivity index (χ3v) is 4.38. The van der Waals surface area contributed by atoms with Crippen molar-refractivity contribution in [2.24, 2.45) is 5.92 Å². The fraction of sp³-hybridized carbons (Fsp3) is 0.500. The molecule has 0 radical (unpaired) electrons. The van der Waals surface area contributed by atoms with Crippen LogP contribution in [0.2, 0.25) is 0 Å². The van der Waals surface area contributed by atoms with Gasteiger partial charge in [0, 0.05) is 11.5 Å². The Bertz CT molecular complexity index is 537. The van der Waals surface area contributed by atoms with Gasteiger partial charge in [-0.2, -0.15) is 0 Å². The van der Waals surface area contributed by atoms with E-state index in [2.05, 4.69) is 6.92 Å². The lowest BCUT2D eigenvalue weighted by Gasteiger charge is -2.20. The lowest BCUT2D eigenvalue weighted by Crippen LogP contribution is -2.07. The van der Waals surface area contributed by atoms with E-state index in [1.807, 2.05) is 37.3 Å². The topological polar surface area (TPSA) is 0 Å². The average molecular weight is 304 g/mol. The predicted octanol–water partition coefficient (Wildman–Crippen LogP) is 6.77. The maximum atomic E-state index is 14.3. The molecule has 0 nitrogen and oxygen atoms in total. The number of aryl methyl sites for hydroxylation is 1. The molecule has 0 saturated carbocycles. The molecular weight excluding hydrogens is 278 g/mol. The van der Waals surface area contributed by atoms with Gasteiger partial charge in [-0.1, -0.05) is 63.5 Å². The summed E-state index contributed by atoms with van der Waals surface area (Å²) in [6.07, 6.45) is 8.71. The lowest BCUT2D eigenvalue weighted by molar-refractivity contribution is 0.406. The fourth-order valence-electron chi connectivity index (χ4n) is 3.03. The molecule has 0 bridgehead atoms. The molecule has 2 rings (SSSR count). The number of unbranched alkanes of at least 4 members (excludes halogenated alkanes) is 2. The Kier molecular flexibility index (Phi) is 6.35. The van der Waals surface area contributed by atoms with Gasteiger partial charge in [0.15, 0.2) is 5.83 Å². The quantitative estimate of drug-likeness (QED) is 0.487. The third kappa shape index (κ3) is 4.06. The first-order valence-corrected chi connectivity index (χ1v) is 8.52. The van der Waals surface area contributed by atoms with E-state index < -0.39 is 11.7 Å². The Morgan fingerprint density at radius 2 is 1.73 bits per heavy atom.